The van der Waals surface area contributed by atoms with E-state index in [2.05, 4.69) is 41.9 Å². The van der Waals surface area contributed by atoms with E-state index in [1.807, 2.05) is 28.8 Å². The zero-order valence-electron chi connectivity index (χ0n) is 14.0. The van der Waals surface area contributed by atoms with E-state index in [1.165, 1.54) is 11.8 Å². The molecule has 0 saturated carbocycles. The van der Waals surface area contributed by atoms with Gasteiger partial charge in [0.25, 0.3) is 0 Å². The normalized spacial score (nSPS) is 11.2. The van der Waals surface area contributed by atoms with Crippen molar-refractivity contribution >= 4 is 32.8 Å². The molecule has 0 aliphatic heterocycles. The average Bonchev–Trinajstić information content (AvgIpc) is 2.57. The molecule has 1 heterocycles. The van der Waals surface area contributed by atoms with Crippen molar-refractivity contribution in [3.05, 3.63) is 80.0 Å². The van der Waals surface area contributed by atoms with Gasteiger partial charge in [-0.2, -0.15) is 0 Å². The number of carbonyl (C=O) groups is 1. The van der Waals surface area contributed by atoms with Gasteiger partial charge in [0.05, 0.1) is 5.52 Å². The Kier molecular flexibility index (Phi) is 4.77. The van der Waals surface area contributed by atoms with Gasteiger partial charge in [-0.05, 0) is 35.2 Å². The van der Waals surface area contributed by atoms with E-state index in [0.29, 0.717) is 23.4 Å². The van der Waals surface area contributed by atoms with Gasteiger partial charge in [-0.15, -0.1) is 0 Å². The molecule has 0 radical (unpaired) electrons. The van der Waals surface area contributed by atoms with Gasteiger partial charge >= 0.3 is 5.97 Å². The topological polar surface area (TPSA) is 59.3 Å². The van der Waals surface area contributed by atoms with Gasteiger partial charge < -0.3 is 9.67 Å². The second kappa shape index (κ2) is 6.84. The summed E-state index contributed by atoms with van der Waals surface area (Å²) in [5.41, 5.74) is 2.34. The second-order valence-electron chi connectivity index (χ2n) is 6.36. The third kappa shape index (κ3) is 3.51. The Morgan fingerprint density at radius 3 is 2.44 bits per heavy atom. The maximum atomic E-state index is 12.4. The van der Waals surface area contributed by atoms with Crippen molar-refractivity contribution in [3.8, 4) is 0 Å². The number of carboxylic acids is 1. The highest BCUT2D eigenvalue weighted by atomic mass is 79.9. The molecule has 0 aliphatic carbocycles. The molecule has 0 amide bonds. The number of halogens is 1. The summed E-state index contributed by atoms with van der Waals surface area (Å²) >= 11 is 3.35. The lowest BCUT2D eigenvalue weighted by atomic mass is 10.0. The third-order valence-electron chi connectivity index (χ3n) is 4.27. The maximum Gasteiger partial charge on any atom is 0.341 e. The zero-order valence-corrected chi connectivity index (χ0v) is 15.6. The largest absolute Gasteiger partial charge is 0.477 e. The van der Waals surface area contributed by atoms with E-state index in [9.17, 15) is 14.7 Å². The van der Waals surface area contributed by atoms with Crippen LogP contribution in [0.15, 0.2) is 57.9 Å². The van der Waals surface area contributed by atoms with Gasteiger partial charge in [-0.3, -0.25) is 4.79 Å². The summed E-state index contributed by atoms with van der Waals surface area (Å²) in [6, 6.07) is 13.6. The minimum atomic E-state index is -1.21. The summed E-state index contributed by atoms with van der Waals surface area (Å²) < 4.78 is 2.56. The SMILES string of the molecule is CC(C)c1ccc(Cn2cc(C(=O)O)c(=O)c3cc(Br)ccc32)cc1. The van der Waals surface area contributed by atoms with Crippen LogP contribution in [-0.4, -0.2) is 15.6 Å². The first-order valence-electron chi connectivity index (χ1n) is 8.01. The van der Waals surface area contributed by atoms with Crippen molar-refractivity contribution in [2.75, 3.05) is 0 Å². The number of fused-ring (bicyclic) bond motifs is 1. The van der Waals surface area contributed by atoms with Gasteiger partial charge in [0.2, 0.25) is 5.43 Å². The number of nitrogens with zero attached hydrogens (tertiary/aromatic N) is 1. The van der Waals surface area contributed by atoms with Crippen molar-refractivity contribution in [2.45, 2.75) is 26.3 Å². The summed E-state index contributed by atoms with van der Waals surface area (Å²) in [6.07, 6.45) is 1.43. The van der Waals surface area contributed by atoms with E-state index >= 15 is 0 Å². The number of rotatable bonds is 4. The van der Waals surface area contributed by atoms with Crippen LogP contribution in [0.2, 0.25) is 0 Å². The summed E-state index contributed by atoms with van der Waals surface area (Å²) in [5, 5.41) is 9.75. The summed E-state index contributed by atoms with van der Waals surface area (Å²) in [5.74, 6) is -0.756. The molecule has 2 aromatic carbocycles. The number of benzene rings is 2. The fourth-order valence-corrected chi connectivity index (χ4v) is 3.22. The number of hydrogen-bond donors (Lipinski definition) is 1. The van der Waals surface area contributed by atoms with Crippen LogP contribution in [0.25, 0.3) is 10.9 Å². The highest BCUT2D eigenvalue weighted by Crippen LogP contribution is 2.20. The molecule has 1 N–H and O–H groups in total. The number of hydrogen-bond acceptors (Lipinski definition) is 2. The molecular formula is C20H18BrNO3. The summed E-state index contributed by atoms with van der Waals surface area (Å²) in [7, 11) is 0. The number of aromatic carboxylic acids is 1. The number of pyridine rings is 1. The Labute approximate surface area is 153 Å². The van der Waals surface area contributed by atoms with Crippen LogP contribution in [-0.2, 0) is 6.54 Å². The Morgan fingerprint density at radius 2 is 1.84 bits per heavy atom. The van der Waals surface area contributed by atoms with Crippen molar-refractivity contribution in [1.29, 1.82) is 0 Å². The van der Waals surface area contributed by atoms with Crippen molar-refractivity contribution in [2.24, 2.45) is 0 Å². The molecule has 0 atom stereocenters. The first kappa shape index (κ1) is 17.4. The van der Waals surface area contributed by atoms with Gasteiger partial charge in [-0.25, -0.2) is 4.79 Å². The molecule has 5 heteroatoms. The third-order valence-corrected chi connectivity index (χ3v) is 4.77. The van der Waals surface area contributed by atoms with Gasteiger partial charge in [0.1, 0.15) is 5.56 Å². The monoisotopic (exact) mass is 399 g/mol. The maximum absolute atomic E-state index is 12.4. The Balaban J connectivity index is 2.13. The van der Waals surface area contributed by atoms with Crippen molar-refractivity contribution in [3.63, 3.8) is 0 Å². The predicted octanol–water partition coefficient (Wildman–Crippen LogP) is 4.63. The molecule has 0 aliphatic rings. The minimum absolute atomic E-state index is 0.218. The fraction of sp³-hybridized carbons (Fsp3) is 0.200. The van der Waals surface area contributed by atoms with E-state index in [1.54, 1.807) is 6.07 Å². The van der Waals surface area contributed by atoms with Crippen molar-refractivity contribution in [1.82, 2.24) is 4.57 Å². The summed E-state index contributed by atoms with van der Waals surface area (Å²) in [4.78, 5) is 23.9. The molecule has 3 aromatic rings. The summed E-state index contributed by atoms with van der Waals surface area (Å²) in [6.45, 7) is 4.78. The highest BCUT2D eigenvalue weighted by molar-refractivity contribution is 9.10. The van der Waals surface area contributed by atoms with Crippen LogP contribution in [0.1, 0.15) is 41.3 Å². The molecule has 4 nitrogen and oxygen atoms in total. The predicted molar refractivity (Wildman–Crippen MR) is 103 cm³/mol. The van der Waals surface area contributed by atoms with Crippen LogP contribution >= 0.6 is 15.9 Å². The first-order valence-corrected chi connectivity index (χ1v) is 8.81. The Hall–Kier alpha value is -2.40. The molecule has 0 saturated heterocycles. The van der Waals surface area contributed by atoms with Crippen LogP contribution in [0, 0.1) is 0 Å². The van der Waals surface area contributed by atoms with E-state index in [-0.39, 0.29) is 5.56 Å². The minimum Gasteiger partial charge on any atom is -0.477 e. The lowest BCUT2D eigenvalue weighted by Gasteiger charge is -2.14. The molecule has 128 valence electrons. The molecular weight excluding hydrogens is 382 g/mol. The van der Waals surface area contributed by atoms with Gasteiger partial charge in [-0.1, -0.05) is 54.0 Å². The van der Waals surface area contributed by atoms with Gasteiger partial charge in [0, 0.05) is 22.6 Å². The van der Waals surface area contributed by atoms with Crippen molar-refractivity contribution < 1.29 is 9.90 Å². The molecule has 1 aromatic heterocycles. The zero-order chi connectivity index (χ0) is 18.1. The first-order chi connectivity index (χ1) is 11.9. The molecule has 0 bridgehead atoms. The van der Waals surface area contributed by atoms with Crippen LogP contribution in [0.3, 0.4) is 0 Å². The highest BCUT2D eigenvalue weighted by Gasteiger charge is 2.15. The van der Waals surface area contributed by atoms with Crippen LogP contribution in [0.4, 0.5) is 0 Å². The average molecular weight is 400 g/mol. The molecule has 25 heavy (non-hydrogen) atoms. The quantitative estimate of drug-likeness (QED) is 0.695. The van der Waals surface area contributed by atoms with E-state index < -0.39 is 11.4 Å². The molecule has 0 spiro atoms. The fourth-order valence-electron chi connectivity index (χ4n) is 2.86. The van der Waals surface area contributed by atoms with Gasteiger partial charge in [0.15, 0.2) is 0 Å². The second-order valence-corrected chi connectivity index (χ2v) is 7.28. The lowest BCUT2D eigenvalue weighted by molar-refractivity contribution is 0.0695. The van der Waals surface area contributed by atoms with Crippen LogP contribution in [0.5, 0.6) is 0 Å². The van der Waals surface area contributed by atoms with Crippen LogP contribution < -0.4 is 5.43 Å². The Bertz CT molecular complexity index is 1000. The molecule has 3 rings (SSSR count). The number of carboxylic acid groups (broad SMARTS) is 1. The Morgan fingerprint density at radius 1 is 1.16 bits per heavy atom. The van der Waals surface area contributed by atoms with E-state index in [4.69, 9.17) is 0 Å². The lowest BCUT2D eigenvalue weighted by Crippen LogP contribution is -2.19. The standard InChI is InChI=1S/C20H18BrNO3/c1-12(2)14-5-3-13(4-6-14)10-22-11-17(20(24)25)19(23)16-9-15(21)7-8-18(16)22/h3-9,11-12H,10H2,1-2H3,(H,24,25). The smallest absolute Gasteiger partial charge is 0.341 e. The van der Waals surface area contributed by atoms with E-state index in [0.717, 1.165) is 10.0 Å². The molecule has 0 fully saturated rings. The number of aromatic nitrogens is 1. The molecule has 0 unspecified atom stereocenters.